The van der Waals surface area contributed by atoms with E-state index in [-0.39, 0.29) is 30.4 Å². The first-order chi connectivity index (χ1) is 11.7. The van der Waals surface area contributed by atoms with E-state index in [9.17, 15) is 9.90 Å². The quantitative estimate of drug-likeness (QED) is 0.822. The van der Waals surface area contributed by atoms with Crippen molar-refractivity contribution in [2.75, 3.05) is 13.7 Å². The molecule has 1 fully saturated rings. The Morgan fingerprint density at radius 3 is 2.62 bits per heavy atom. The number of para-hydroxylation sites is 1. The Balaban J connectivity index is 1.59. The molecule has 2 aromatic carbocycles. The van der Waals surface area contributed by atoms with Crippen LogP contribution in [0.3, 0.4) is 0 Å². The number of benzene rings is 2. The van der Waals surface area contributed by atoms with E-state index in [1.54, 1.807) is 7.11 Å². The number of aliphatic hydroxyl groups excluding tert-OH is 1. The van der Waals surface area contributed by atoms with Gasteiger partial charge in [0.05, 0.1) is 19.8 Å². The number of carbonyl (C=O) groups excluding carboxylic acids is 1. The van der Waals surface area contributed by atoms with E-state index in [0.717, 1.165) is 23.3 Å². The van der Waals surface area contributed by atoms with Crippen molar-refractivity contribution in [1.82, 2.24) is 5.32 Å². The molecule has 1 aliphatic carbocycles. The Labute approximate surface area is 142 Å². The Bertz CT molecular complexity index is 686. The SMILES string of the molecule is COc1ccccc1C1CC1C(=O)NC(CO)Cc1ccccc1. The van der Waals surface area contributed by atoms with Crippen LogP contribution in [0.5, 0.6) is 5.75 Å². The molecule has 0 radical (unpaired) electrons. The third-order valence-electron chi connectivity index (χ3n) is 4.56. The average molecular weight is 325 g/mol. The van der Waals surface area contributed by atoms with Crippen LogP contribution in [0.25, 0.3) is 0 Å². The number of hydrogen-bond donors (Lipinski definition) is 2. The van der Waals surface area contributed by atoms with E-state index >= 15 is 0 Å². The van der Waals surface area contributed by atoms with E-state index in [1.165, 1.54) is 0 Å². The highest BCUT2D eigenvalue weighted by Gasteiger charge is 2.45. The lowest BCUT2D eigenvalue weighted by Gasteiger charge is -2.16. The van der Waals surface area contributed by atoms with Crippen molar-refractivity contribution in [3.05, 3.63) is 65.7 Å². The number of methoxy groups -OCH3 is 1. The maximum atomic E-state index is 12.5. The van der Waals surface area contributed by atoms with Gasteiger partial charge in [0.1, 0.15) is 5.75 Å². The van der Waals surface area contributed by atoms with Crippen molar-refractivity contribution < 1.29 is 14.6 Å². The van der Waals surface area contributed by atoms with Gasteiger partial charge in [-0.1, -0.05) is 48.5 Å². The minimum Gasteiger partial charge on any atom is -0.496 e. The number of carbonyl (C=O) groups is 1. The number of nitrogens with one attached hydrogen (secondary N) is 1. The van der Waals surface area contributed by atoms with Crippen LogP contribution in [0, 0.1) is 5.92 Å². The second-order valence-corrected chi connectivity index (χ2v) is 6.27. The molecule has 1 saturated carbocycles. The number of ether oxygens (including phenoxy) is 1. The first-order valence-corrected chi connectivity index (χ1v) is 8.31. The summed E-state index contributed by atoms with van der Waals surface area (Å²) in [6.45, 7) is -0.0628. The molecule has 3 unspecified atom stereocenters. The largest absolute Gasteiger partial charge is 0.496 e. The molecule has 1 aliphatic rings. The highest BCUT2D eigenvalue weighted by atomic mass is 16.5. The molecule has 2 aromatic rings. The van der Waals surface area contributed by atoms with Gasteiger partial charge in [0.25, 0.3) is 0 Å². The Hall–Kier alpha value is -2.33. The van der Waals surface area contributed by atoms with Crippen LogP contribution in [0.4, 0.5) is 0 Å². The van der Waals surface area contributed by atoms with Gasteiger partial charge >= 0.3 is 0 Å². The molecular formula is C20H23NO3. The number of amides is 1. The molecule has 0 heterocycles. The monoisotopic (exact) mass is 325 g/mol. The summed E-state index contributed by atoms with van der Waals surface area (Å²) >= 11 is 0. The van der Waals surface area contributed by atoms with E-state index in [0.29, 0.717) is 6.42 Å². The van der Waals surface area contributed by atoms with Crippen molar-refractivity contribution in [2.24, 2.45) is 5.92 Å². The maximum Gasteiger partial charge on any atom is 0.224 e. The minimum absolute atomic E-state index is 0.0147. The molecule has 126 valence electrons. The second kappa shape index (κ2) is 7.49. The smallest absolute Gasteiger partial charge is 0.224 e. The standard InChI is InChI=1S/C20H23NO3/c1-24-19-10-6-5-9-16(19)17-12-18(17)20(23)21-15(13-22)11-14-7-3-2-4-8-14/h2-10,15,17-18,22H,11-13H2,1H3,(H,21,23). The van der Waals surface area contributed by atoms with E-state index in [1.807, 2.05) is 54.6 Å². The van der Waals surface area contributed by atoms with Gasteiger partial charge in [-0.3, -0.25) is 4.79 Å². The van der Waals surface area contributed by atoms with Crippen LogP contribution in [0.2, 0.25) is 0 Å². The molecule has 3 rings (SSSR count). The molecule has 3 atom stereocenters. The fourth-order valence-corrected chi connectivity index (χ4v) is 3.17. The second-order valence-electron chi connectivity index (χ2n) is 6.27. The first-order valence-electron chi connectivity index (χ1n) is 8.31. The summed E-state index contributed by atoms with van der Waals surface area (Å²) in [6, 6.07) is 17.5. The van der Waals surface area contributed by atoms with Crippen molar-refractivity contribution in [2.45, 2.75) is 24.8 Å². The molecule has 2 N–H and O–H groups in total. The predicted molar refractivity (Wildman–Crippen MR) is 93.0 cm³/mol. The lowest BCUT2D eigenvalue weighted by molar-refractivity contribution is -0.123. The zero-order valence-corrected chi connectivity index (χ0v) is 13.8. The average Bonchev–Trinajstić information content (AvgIpc) is 3.42. The molecule has 0 saturated heterocycles. The van der Waals surface area contributed by atoms with Crippen LogP contribution in [-0.2, 0) is 11.2 Å². The molecule has 24 heavy (non-hydrogen) atoms. The normalized spacial score (nSPS) is 20.2. The van der Waals surface area contributed by atoms with E-state index in [4.69, 9.17) is 4.74 Å². The third kappa shape index (κ3) is 3.77. The van der Waals surface area contributed by atoms with Gasteiger partial charge in [0.2, 0.25) is 5.91 Å². The Morgan fingerprint density at radius 1 is 1.21 bits per heavy atom. The molecule has 0 aliphatic heterocycles. The van der Waals surface area contributed by atoms with Crippen LogP contribution >= 0.6 is 0 Å². The molecule has 1 amide bonds. The van der Waals surface area contributed by atoms with Crippen molar-refractivity contribution in [3.63, 3.8) is 0 Å². The fourth-order valence-electron chi connectivity index (χ4n) is 3.17. The van der Waals surface area contributed by atoms with Gasteiger partial charge in [-0.15, -0.1) is 0 Å². The molecule has 4 nitrogen and oxygen atoms in total. The summed E-state index contributed by atoms with van der Waals surface area (Å²) < 4.78 is 5.38. The topological polar surface area (TPSA) is 58.6 Å². The highest BCUT2D eigenvalue weighted by Crippen LogP contribution is 2.50. The lowest BCUT2D eigenvalue weighted by Crippen LogP contribution is -2.40. The number of aliphatic hydroxyl groups is 1. The molecule has 4 heteroatoms. The maximum absolute atomic E-state index is 12.5. The molecular weight excluding hydrogens is 302 g/mol. The summed E-state index contributed by atoms with van der Waals surface area (Å²) in [7, 11) is 1.65. The lowest BCUT2D eigenvalue weighted by atomic mass is 10.1. The van der Waals surface area contributed by atoms with Crippen molar-refractivity contribution in [3.8, 4) is 5.75 Å². The Morgan fingerprint density at radius 2 is 1.92 bits per heavy atom. The Kier molecular flexibility index (Phi) is 5.16. The van der Waals surface area contributed by atoms with Gasteiger partial charge in [0, 0.05) is 5.92 Å². The van der Waals surface area contributed by atoms with Crippen LogP contribution in [0.1, 0.15) is 23.5 Å². The van der Waals surface area contributed by atoms with Crippen LogP contribution < -0.4 is 10.1 Å². The summed E-state index contributed by atoms with van der Waals surface area (Å²) in [6.07, 6.45) is 1.46. The summed E-state index contributed by atoms with van der Waals surface area (Å²) in [5.41, 5.74) is 2.19. The predicted octanol–water partition coefficient (Wildman–Crippen LogP) is 2.52. The summed E-state index contributed by atoms with van der Waals surface area (Å²) in [5, 5.41) is 12.6. The fraction of sp³-hybridized carbons (Fsp3) is 0.350. The van der Waals surface area contributed by atoms with E-state index in [2.05, 4.69) is 5.32 Å². The third-order valence-corrected chi connectivity index (χ3v) is 4.56. The molecule has 0 aromatic heterocycles. The molecule has 0 spiro atoms. The van der Waals surface area contributed by atoms with Crippen molar-refractivity contribution in [1.29, 1.82) is 0 Å². The van der Waals surface area contributed by atoms with E-state index < -0.39 is 0 Å². The van der Waals surface area contributed by atoms with Gasteiger partial charge in [-0.05, 0) is 36.0 Å². The van der Waals surface area contributed by atoms with Gasteiger partial charge in [0.15, 0.2) is 0 Å². The minimum atomic E-state index is -0.251. The number of rotatable bonds is 7. The van der Waals surface area contributed by atoms with Gasteiger partial charge in [-0.25, -0.2) is 0 Å². The molecule has 0 bridgehead atoms. The zero-order valence-electron chi connectivity index (χ0n) is 13.8. The van der Waals surface area contributed by atoms with Crippen LogP contribution in [0.15, 0.2) is 54.6 Å². The zero-order chi connectivity index (χ0) is 16.9. The van der Waals surface area contributed by atoms with Gasteiger partial charge in [-0.2, -0.15) is 0 Å². The van der Waals surface area contributed by atoms with Crippen molar-refractivity contribution >= 4 is 5.91 Å². The first kappa shape index (κ1) is 16.5. The van der Waals surface area contributed by atoms with Crippen LogP contribution in [-0.4, -0.2) is 30.8 Å². The highest BCUT2D eigenvalue weighted by molar-refractivity contribution is 5.83. The summed E-state index contributed by atoms with van der Waals surface area (Å²) in [5.74, 6) is 1.02. The number of hydrogen-bond acceptors (Lipinski definition) is 3. The summed E-state index contributed by atoms with van der Waals surface area (Å²) in [4.78, 5) is 12.5. The van der Waals surface area contributed by atoms with Gasteiger partial charge < -0.3 is 15.2 Å².